The van der Waals surface area contributed by atoms with E-state index in [0.717, 1.165) is 5.56 Å². The van der Waals surface area contributed by atoms with E-state index in [9.17, 15) is 9.59 Å². The number of carbonyl (C=O) groups is 2. The Morgan fingerprint density at radius 3 is 2.78 bits per heavy atom. The van der Waals surface area contributed by atoms with Crippen LogP contribution >= 0.6 is 0 Å². The highest BCUT2D eigenvalue weighted by atomic mass is 16.5. The van der Waals surface area contributed by atoms with E-state index in [4.69, 9.17) is 0 Å². The molecule has 1 unspecified atom stereocenters. The largest absolute Gasteiger partial charge is 0.465 e. The zero-order chi connectivity index (χ0) is 19.6. The van der Waals surface area contributed by atoms with Gasteiger partial charge >= 0.3 is 5.97 Å². The number of rotatable bonds is 5. The monoisotopic (exact) mass is 360 g/mol. The van der Waals surface area contributed by atoms with Gasteiger partial charge in [0.2, 0.25) is 0 Å². The second kappa shape index (κ2) is 9.73. The number of aryl methyl sites for hydroxylation is 1. The zero-order valence-electron chi connectivity index (χ0n) is 15.2. The molecule has 0 aliphatic heterocycles. The summed E-state index contributed by atoms with van der Waals surface area (Å²) in [5, 5.41) is 2.85. The van der Waals surface area contributed by atoms with Gasteiger partial charge in [0.1, 0.15) is 6.04 Å². The third-order valence-electron chi connectivity index (χ3n) is 3.54. The number of benzene rings is 1. The number of nitrogens with zero attached hydrogens (tertiary/aromatic N) is 1. The summed E-state index contributed by atoms with van der Waals surface area (Å²) in [4.78, 5) is 28.0. The van der Waals surface area contributed by atoms with E-state index in [1.807, 2.05) is 19.1 Å². The first-order chi connectivity index (χ1) is 13.0. The van der Waals surface area contributed by atoms with Crippen molar-refractivity contribution >= 4 is 11.9 Å². The van der Waals surface area contributed by atoms with Gasteiger partial charge in [0.05, 0.1) is 12.7 Å². The van der Waals surface area contributed by atoms with Crippen LogP contribution in [0.2, 0.25) is 0 Å². The number of esters is 1. The van der Waals surface area contributed by atoms with Crippen molar-refractivity contribution in [3.05, 3.63) is 89.8 Å². The fourth-order valence-corrected chi connectivity index (χ4v) is 2.23. The number of amides is 1. The van der Waals surface area contributed by atoms with E-state index in [1.54, 1.807) is 36.4 Å². The van der Waals surface area contributed by atoms with Gasteiger partial charge in [-0.05, 0) is 25.1 Å². The molecule has 1 heterocycles. The molecule has 5 nitrogen and oxygen atoms in total. The Hall–Kier alpha value is -3.65. The molecule has 1 amide bonds. The van der Waals surface area contributed by atoms with Crippen molar-refractivity contribution in [3.63, 3.8) is 0 Å². The van der Waals surface area contributed by atoms with Crippen LogP contribution in [0.1, 0.15) is 31.8 Å². The number of ether oxygens (including phenoxy) is 1. The van der Waals surface area contributed by atoms with Gasteiger partial charge in [0.15, 0.2) is 0 Å². The van der Waals surface area contributed by atoms with E-state index < -0.39 is 12.0 Å². The maximum absolute atomic E-state index is 12.5. The molecule has 0 aliphatic carbocycles. The third kappa shape index (κ3) is 5.98. The second-order valence-corrected chi connectivity index (χ2v) is 5.66. The molecule has 0 saturated carbocycles. The molecule has 1 aromatic heterocycles. The van der Waals surface area contributed by atoms with Gasteiger partial charge in [-0.2, -0.15) is 0 Å². The Balaban J connectivity index is 2.22. The van der Waals surface area contributed by atoms with Gasteiger partial charge in [-0.25, -0.2) is 4.79 Å². The lowest BCUT2D eigenvalue weighted by atomic mass is 10.1. The van der Waals surface area contributed by atoms with Crippen LogP contribution in [0.4, 0.5) is 0 Å². The van der Waals surface area contributed by atoms with Gasteiger partial charge in [-0.1, -0.05) is 54.3 Å². The number of hydrogen-bond donors (Lipinski definition) is 1. The highest BCUT2D eigenvalue weighted by molar-refractivity contribution is 5.95. The molecule has 27 heavy (non-hydrogen) atoms. The Morgan fingerprint density at radius 2 is 2.07 bits per heavy atom. The van der Waals surface area contributed by atoms with Crippen molar-refractivity contribution in [2.24, 2.45) is 0 Å². The standard InChI is InChI=1S/C22H20N2O3/c1-4-5-9-20(24-21(25)18-8-6-7-16(2)12-18)11-10-17-13-19(15-23-14-17)22(26)27-3/h4-9,12-15,20H,1H2,2-3H3,(H,24,25)/b9-5-. The number of methoxy groups -OCH3 is 1. The predicted octanol–water partition coefficient (Wildman–Crippen LogP) is 3.07. The normalized spacial score (nSPS) is 11.2. The smallest absolute Gasteiger partial charge is 0.339 e. The fraction of sp³-hybridized carbons (Fsp3) is 0.136. The lowest BCUT2D eigenvalue weighted by Gasteiger charge is -2.09. The third-order valence-corrected chi connectivity index (χ3v) is 3.54. The molecule has 0 fully saturated rings. The van der Waals surface area contributed by atoms with Gasteiger partial charge in [-0.15, -0.1) is 0 Å². The van der Waals surface area contributed by atoms with E-state index in [0.29, 0.717) is 16.7 Å². The van der Waals surface area contributed by atoms with E-state index >= 15 is 0 Å². The average molecular weight is 360 g/mol. The minimum absolute atomic E-state index is 0.229. The van der Waals surface area contributed by atoms with Crippen molar-refractivity contribution in [3.8, 4) is 11.8 Å². The van der Waals surface area contributed by atoms with Crippen molar-refractivity contribution in [2.45, 2.75) is 13.0 Å². The van der Waals surface area contributed by atoms with Crippen molar-refractivity contribution < 1.29 is 14.3 Å². The zero-order valence-corrected chi connectivity index (χ0v) is 15.2. The molecule has 0 spiro atoms. The first-order valence-corrected chi connectivity index (χ1v) is 8.25. The molecular weight excluding hydrogens is 340 g/mol. The predicted molar refractivity (Wildman–Crippen MR) is 104 cm³/mol. The SMILES string of the molecule is C=C/C=C\C(C#Cc1cncc(C(=O)OC)c1)NC(=O)c1cccc(C)c1. The van der Waals surface area contributed by atoms with Crippen LogP contribution < -0.4 is 5.32 Å². The van der Waals surface area contributed by atoms with Crippen LogP contribution in [0, 0.1) is 18.8 Å². The van der Waals surface area contributed by atoms with Crippen LogP contribution in [0.15, 0.2) is 67.5 Å². The summed E-state index contributed by atoms with van der Waals surface area (Å²) in [6, 6.07) is 8.36. The first kappa shape index (κ1) is 19.7. The van der Waals surface area contributed by atoms with E-state index in [2.05, 4.69) is 33.5 Å². The first-order valence-electron chi connectivity index (χ1n) is 8.25. The second-order valence-electron chi connectivity index (χ2n) is 5.66. The molecular formula is C22H20N2O3. The molecule has 2 rings (SSSR count). The molecule has 1 aromatic carbocycles. The van der Waals surface area contributed by atoms with Crippen LogP contribution in [-0.4, -0.2) is 30.0 Å². The molecule has 0 bridgehead atoms. The Kier molecular flexibility index (Phi) is 7.09. The average Bonchev–Trinajstić information content (AvgIpc) is 2.69. The number of nitrogens with one attached hydrogen (secondary N) is 1. The summed E-state index contributed by atoms with van der Waals surface area (Å²) < 4.78 is 4.67. The Bertz CT molecular complexity index is 936. The molecule has 0 saturated heterocycles. The Morgan fingerprint density at radius 1 is 1.26 bits per heavy atom. The molecule has 0 aliphatic rings. The van der Waals surface area contributed by atoms with Crippen molar-refractivity contribution in [1.82, 2.24) is 10.3 Å². The lowest BCUT2D eigenvalue weighted by molar-refractivity contribution is 0.0600. The summed E-state index contributed by atoms with van der Waals surface area (Å²) in [5.74, 6) is 5.17. The molecule has 1 atom stereocenters. The minimum atomic E-state index is -0.530. The van der Waals surface area contributed by atoms with Gasteiger partial charge in [0.25, 0.3) is 5.91 Å². The van der Waals surface area contributed by atoms with Crippen LogP contribution in [-0.2, 0) is 4.74 Å². The number of aromatic nitrogens is 1. The number of carbonyl (C=O) groups excluding carboxylic acids is 2. The lowest BCUT2D eigenvalue weighted by Crippen LogP contribution is -2.32. The van der Waals surface area contributed by atoms with Crippen molar-refractivity contribution in [2.75, 3.05) is 7.11 Å². The molecule has 0 radical (unpaired) electrons. The summed E-state index contributed by atoms with van der Waals surface area (Å²) in [5.41, 5.74) is 2.41. The summed E-state index contributed by atoms with van der Waals surface area (Å²) >= 11 is 0. The van der Waals surface area contributed by atoms with Gasteiger partial charge < -0.3 is 10.1 Å². The van der Waals surface area contributed by atoms with E-state index in [-0.39, 0.29) is 5.91 Å². The van der Waals surface area contributed by atoms with Gasteiger partial charge in [0, 0.05) is 23.5 Å². The highest BCUT2D eigenvalue weighted by Crippen LogP contribution is 2.05. The van der Waals surface area contributed by atoms with Crippen LogP contribution in [0.5, 0.6) is 0 Å². The quantitative estimate of drug-likeness (QED) is 0.505. The van der Waals surface area contributed by atoms with Crippen LogP contribution in [0.3, 0.4) is 0 Å². The summed E-state index contributed by atoms with van der Waals surface area (Å²) in [6.45, 7) is 5.55. The molecule has 2 aromatic rings. The van der Waals surface area contributed by atoms with E-state index in [1.165, 1.54) is 19.5 Å². The molecule has 1 N–H and O–H groups in total. The highest BCUT2D eigenvalue weighted by Gasteiger charge is 2.10. The number of pyridine rings is 1. The van der Waals surface area contributed by atoms with Crippen molar-refractivity contribution in [1.29, 1.82) is 0 Å². The molecule has 136 valence electrons. The number of hydrogen-bond acceptors (Lipinski definition) is 4. The Labute approximate surface area is 158 Å². The summed E-state index contributed by atoms with van der Waals surface area (Å²) in [6.07, 6.45) is 7.99. The summed E-state index contributed by atoms with van der Waals surface area (Å²) in [7, 11) is 1.30. The fourth-order valence-electron chi connectivity index (χ4n) is 2.23. The minimum Gasteiger partial charge on any atom is -0.465 e. The maximum atomic E-state index is 12.5. The maximum Gasteiger partial charge on any atom is 0.339 e. The topological polar surface area (TPSA) is 68.3 Å². The number of allylic oxidation sites excluding steroid dienone is 2. The van der Waals surface area contributed by atoms with Crippen LogP contribution in [0.25, 0.3) is 0 Å². The van der Waals surface area contributed by atoms with Gasteiger partial charge in [-0.3, -0.25) is 9.78 Å². The molecule has 5 heteroatoms.